The van der Waals surface area contributed by atoms with Gasteiger partial charge in [0.05, 0.1) is 10.5 Å². The molecule has 2 aromatic rings. The van der Waals surface area contributed by atoms with Crippen LogP contribution in [0.15, 0.2) is 41.3 Å². The SMILES string of the molecule is Cc1c(F)ccc(C(=O)c2cccc(S(=O)(=O)O)c2)c1F. The third-order valence-electron chi connectivity index (χ3n) is 2.96. The first-order valence-corrected chi connectivity index (χ1v) is 7.22. The van der Waals surface area contributed by atoms with Crippen LogP contribution >= 0.6 is 0 Å². The lowest BCUT2D eigenvalue weighted by Crippen LogP contribution is -2.08. The van der Waals surface area contributed by atoms with Gasteiger partial charge in [0.25, 0.3) is 10.1 Å². The zero-order valence-electron chi connectivity index (χ0n) is 10.8. The van der Waals surface area contributed by atoms with E-state index in [1.54, 1.807) is 0 Å². The van der Waals surface area contributed by atoms with E-state index < -0.39 is 32.4 Å². The number of hydrogen-bond acceptors (Lipinski definition) is 3. The summed E-state index contributed by atoms with van der Waals surface area (Å²) in [5.74, 6) is -2.59. The van der Waals surface area contributed by atoms with Crippen molar-refractivity contribution in [1.29, 1.82) is 0 Å². The Morgan fingerprint density at radius 2 is 1.81 bits per heavy atom. The standard InChI is InChI=1S/C14H10F2O4S/c1-8-12(15)6-5-11(13(8)16)14(17)9-3-2-4-10(7-9)21(18,19)20/h2-7H,1H3,(H,18,19,20). The van der Waals surface area contributed by atoms with Crippen LogP contribution in [0.25, 0.3) is 0 Å². The largest absolute Gasteiger partial charge is 0.294 e. The fraction of sp³-hybridized carbons (Fsp3) is 0.0714. The molecule has 0 heterocycles. The third kappa shape index (κ3) is 2.98. The second-order valence-corrected chi connectivity index (χ2v) is 5.79. The number of halogens is 2. The van der Waals surface area contributed by atoms with Gasteiger partial charge >= 0.3 is 0 Å². The minimum Gasteiger partial charge on any atom is -0.288 e. The quantitative estimate of drug-likeness (QED) is 0.699. The van der Waals surface area contributed by atoms with Gasteiger partial charge in [0, 0.05) is 11.1 Å². The fourth-order valence-corrected chi connectivity index (χ4v) is 2.32. The fourth-order valence-electron chi connectivity index (χ4n) is 1.79. The van der Waals surface area contributed by atoms with Crippen molar-refractivity contribution in [1.82, 2.24) is 0 Å². The second-order valence-electron chi connectivity index (χ2n) is 4.37. The van der Waals surface area contributed by atoms with E-state index in [4.69, 9.17) is 4.55 Å². The molecule has 0 saturated heterocycles. The summed E-state index contributed by atoms with van der Waals surface area (Å²) in [6.45, 7) is 1.19. The van der Waals surface area contributed by atoms with E-state index in [-0.39, 0.29) is 16.7 Å². The van der Waals surface area contributed by atoms with Crippen LogP contribution in [0.3, 0.4) is 0 Å². The zero-order valence-corrected chi connectivity index (χ0v) is 11.6. The summed E-state index contributed by atoms with van der Waals surface area (Å²) in [5, 5.41) is 0. The van der Waals surface area contributed by atoms with E-state index in [9.17, 15) is 22.0 Å². The van der Waals surface area contributed by atoms with Gasteiger partial charge in [0.1, 0.15) is 11.6 Å². The van der Waals surface area contributed by atoms with Gasteiger partial charge in [-0.25, -0.2) is 8.78 Å². The molecular weight excluding hydrogens is 302 g/mol. The summed E-state index contributed by atoms with van der Waals surface area (Å²) < 4.78 is 58.1. The summed E-state index contributed by atoms with van der Waals surface area (Å²) in [6.07, 6.45) is 0. The topological polar surface area (TPSA) is 71.4 Å². The van der Waals surface area contributed by atoms with Crippen molar-refractivity contribution in [2.75, 3.05) is 0 Å². The third-order valence-corrected chi connectivity index (χ3v) is 3.81. The Kier molecular flexibility index (Phi) is 3.89. The van der Waals surface area contributed by atoms with Gasteiger partial charge in [-0.2, -0.15) is 8.42 Å². The van der Waals surface area contributed by atoms with Gasteiger partial charge in [-0.1, -0.05) is 12.1 Å². The van der Waals surface area contributed by atoms with Crippen molar-refractivity contribution in [2.45, 2.75) is 11.8 Å². The van der Waals surface area contributed by atoms with Crippen LogP contribution in [-0.4, -0.2) is 18.8 Å². The van der Waals surface area contributed by atoms with Gasteiger partial charge in [0.15, 0.2) is 5.78 Å². The number of benzene rings is 2. The molecule has 2 aromatic carbocycles. The maximum Gasteiger partial charge on any atom is 0.294 e. The summed E-state index contributed by atoms with van der Waals surface area (Å²) >= 11 is 0. The molecule has 0 spiro atoms. The molecule has 7 heteroatoms. The Labute approximate surface area is 119 Å². The molecule has 0 amide bonds. The summed E-state index contributed by atoms with van der Waals surface area (Å²) in [6, 6.07) is 6.48. The number of ketones is 1. The maximum atomic E-state index is 13.9. The first kappa shape index (κ1) is 15.3. The van der Waals surface area contributed by atoms with E-state index >= 15 is 0 Å². The molecule has 110 valence electrons. The van der Waals surface area contributed by atoms with Gasteiger partial charge < -0.3 is 0 Å². The van der Waals surface area contributed by atoms with Crippen LogP contribution in [0.1, 0.15) is 21.5 Å². The minimum absolute atomic E-state index is 0.130. The molecule has 0 atom stereocenters. The number of rotatable bonds is 3. The average Bonchev–Trinajstić information content (AvgIpc) is 2.43. The van der Waals surface area contributed by atoms with Crippen LogP contribution in [0.4, 0.5) is 8.78 Å². The van der Waals surface area contributed by atoms with Crippen molar-refractivity contribution >= 4 is 15.9 Å². The van der Waals surface area contributed by atoms with E-state index in [2.05, 4.69) is 0 Å². The Balaban J connectivity index is 2.54. The number of carbonyl (C=O) groups is 1. The molecule has 0 aliphatic rings. The van der Waals surface area contributed by atoms with E-state index in [1.165, 1.54) is 19.1 Å². The lowest BCUT2D eigenvalue weighted by molar-refractivity contribution is 0.103. The van der Waals surface area contributed by atoms with E-state index in [0.717, 1.165) is 24.3 Å². The molecule has 21 heavy (non-hydrogen) atoms. The highest BCUT2D eigenvalue weighted by atomic mass is 32.2. The highest BCUT2D eigenvalue weighted by Gasteiger charge is 2.19. The van der Waals surface area contributed by atoms with Gasteiger partial charge in [0.2, 0.25) is 0 Å². The lowest BCUT2D eigenvalue weighted by atomic mass is 10.0. The van der Waals surface area contributed by atoms with Crippen molar-refractivity contribution in [3.05, 3.63) is 64.7 Å². The molecule has 2 rings (SSSR count). The van der Waals surface area contributed by atoms with E-state index in [1.807, 2.05) is 0 Å². The van der Waals surface area contributed by atoms with Gasteiger partial charge in [-0.05, 0) is 31.2 Å². The molecule has 0 radical (unpaired) electrons. The van der Waals surface area contributed by atoms with Gasteiger partial charge in [-0.3, -0.25) is 9.35 Å². The van der Waals surface area contributed by atoms with Gasteiger partial charge in [-0.15, -0.1) is 0 Å². The van der Waals surface area contributed by atoms with Crippen LogP contribution in [-0.2, 0) is 10.1 Å². The number of hydrogen-bond donors (Lipinski definition) is 1. The van der Waals surface area contributed by atoms with Crippen molar-refractivity contribution < 1.29 is 26.5 Å². The molecule has 0 aromatic heterocycles. The first-order valence-electron chi connectivity index (χ1n) is 5.78. The maximum absolute atomic E-state index is 13.9. The normalized spacial score (nSPS) is 11.4. The molecule has 0 aliphatic heterocycles. The summed E-state index contributed by atoms with van der Waals surface area (Å²) in [4.78, 5) is 11.7. The second kappa shape index (κ2) is 5.34. The Bertz CT molecular complexity index is 829. The Morgan fingerprint density at radius 3 is 2.43 bits per heavy atom. The van der Waals surface area contributed by atoms with Crippen LogP contribution < -0.4 is 0 Å². The molecule has 0 saturated carbocycles. The molecule has 0 fully saturated rings. The first-order chi connectivity index (χ1) is 9.71. The van der Waals surface area contributed by atoms with Crippen LogP contribution in [0.5, 0.6) is 0 Å². The number of carbonyl (C=O) groups excluding carboxylic acids is 1. The van der Waals surface area contributed by atoms with Crippen molar-refractivity contribution in [2.24, 2.45) is 0 Å². The molecule has 0 bridgehead atoms. The molecule has 0 unspecified atom stereocenters. The van der Waals surface area contributed by atoms with Crippen molar-refractivity contribution in [3.8, 4) is 0 Å². The smallest absolute Gasteiger partial charge is 0.288 e. The van der Waals surface area contributed by atoms with E-state index in [0.29, 0.717) is 0 Å². The van der Waals surface area contributed by atoms with Crippen LogP contribution in [0.2, 0.25) is 0 Å². The lowest BCUT2D eigenvalue weighted by Gasteiger charge is -2.07. The average molecular weight is 312 g/mol. The Hall–Kier alpha value is -2.12. The highest BCUT2D eigenvalue weighted by molar-refractivity contribution is 7.85. The zero-order chi connectivity index (χ0) is 15.8. The summed E-state index contributed by atoms with van der Waals surface area (Å²) in [7, 11) is -4.47. The van der Waals surface area contributed by atoms with Crippen LogP contribution in [0, 0.1) is 18.6 Å². The minimum atomic E-state index is -4.47. The predicted molar refractivity (Wildman–Crippen MR) is 70.8 cm³/mol. The molecule has 0 aliphatic carbocycles. The van der Waals surface area contributed by atoms with Crippen molar-refractivity contribution in [3.63, 3.8) is 0 Å². The molecule has 4 nitrogen and oxygen atoms in total. The molecule has 1 N–H and O–H groups in total. The molecular formula is C14H10F2O4S. The summed E-state index contributed by atoms with van der Waals surface area (Å²) in [5.41, 5.74) is -0.803. The predicted octanol–water partition coefficient (Wildman–Crippen LogP) is 2.75. The Morgan fingerprint density at radius 1 is 1.14 bits per heavy atom. The highest BCUT2D eigenvalue weighted by Crippen LogP contribution is 2.20. The monoisotopic (exact) mass is 312 g/mol.